The maximum Gasteiger partial charge on any atom is 0.141 e. The predicted octanol–water partition coefficient (Wildman–Crippen LogP) is 7.98. The number of benzene rings is 1. The average molecular weight is 493 g/mol. The lowest BCUT2D eigenvalue weighted by Gasteiger charge is -2.34. The molecule has 0 unspecified atom stereocenters. The monoisotopic (exact) mass is 492 g/mol. The molecule has 0 saturated carbocycles. The molecule has 186 valence electrons. The molecule has 1 aromatic carbocycles. The smallest absolute Gasteiger partial charge is 0.141 e. The van der Waals surface area contributed by atoms with Crippen molar-refractivity contribution in [2.24, 2.45) is 5.41 Å². The van der Waals surface area contributed by atoms with E-state index < -0.39 is 0 Å². The van der Waals surface area contributed by atoms with Gasteiger partial charge in [0.1, 0.15) is 17.2 Å². The molecule has 35 heavy (non-hydrogen) atoms. The summed E-state index contributed by atoms with van der Waals surface area (Å²) in [5.41, 5.74) is 7.37. The van der Waals surface area contributed by atoms with Crippen LogP contribution in [-0.4, -0.2) is 20.1 Å². The van der Waals surface area contributed by atoms with Crippen molar-refractivity contribution >= 4 is 23.1 Å². The highest BCUT2D eigenvalue weighted by atomic mass is 35.5. The van der Waals surface area contributed by atoms with Crippen LogP contribution in [0.4, 0.5) is 5.82 Å². The van der Waals surface area contributed by atoms with E-state index >= 15 is 0 Å². The van der Waals surface area contributed by atoms with Crippen LogP contribution in [0.1, 0.15) is 69.3 Å². The van der Waals surface area contributed by atoms with Crippen LogP contribution in [0.2, 0.25) is 5.02 Å². The second-order valence-corrected chi connectivity index (χ2v) is 12.0. The van der Waals surface area contributed by atoms with Gasteiger partial charge in [-0.25, -0.2) is 4.98 Å². The van der Waals surface area contributed by atoms with Crippen molar-refractivity contribution in [3.8, 4) is 11.1 Å². The summed E-state index contributed by atoms with van der Waals surface area (Å²) in [5, 5.41) is 8.78. The van der Waals surface area contributed by atoms with Crippen molar-refractivity contribution in [2.75, 3.05) is 5.32 Å². The number of fused-ring (bicyclic) bond motifs is 1. The fourth-order valence-corrected chi connectivity index (χ4v) is 5.40. The first kappa shape index (κ1) is 25.3. The lowest BCUT2D eigenvalue weighted by molar-refractivity contribution is 0.302. The lowest BCUT2D eigenvalue weighted by atomic mass is 9.82. The number of anilines is 1. The summed E-state index contributed by atoms with van der Waals surface area (Å²) >= 11 is 6.39. The van der Waals surface area contributed by atoms with E-state index in [9.17, 15) is 0 Å². The Hall–Kier alpha value is -2.79. The van der Waals surface area contributed by atoms with Gasteiger partial charge in [-0.3, -0.25) is 4.40 Å². The largest absolute Gasteiger partial charge is 0.365 e. The van der Waals surface area contributed by atoms with Gasteiger partial charge in [-0.05, 0) is 94.2 Å². The van der Waals surface area contributed by atoms with E-state index in [1.807, 2.05) is 20.8 Å². The van der Waals surface area contributed by atoms with Crippen molar-refractivity contribution in [3.05, 3.63) is 69.8 Å². The van der Waals surface area contributed by atoms with Crippen LogP contribution < -0.4 is 5.32 Å². The third-order valence-corrected chi connectivity index (χ3v) is 6.74. The standard InChI is InChI=1S/C29H37ClN4O/c1-18-9-10-21(15-23(18)30)11-12-24-27(32-29(7,8)17-28(4,5)6)34-14-13-22(16-25(34)31-24)26-19(2)33-35-20(26)3/h9-10,13-16,32H,11-12,17H2,1-8H3. The van der Waals surface area contributed by atoms with Crippen LogP contribution in [0.25, 0.3) is 16.8 Å². The molecule has 3 aromatic heterocycles. The molecule has 3 heterocycles. The van der Waals surface area contributed by atoms with Gasteiger partial charge in [-0.2, -0.15) is 0 Å². The maximum atomic E-state index is 6.39. The Balaban J connectivity index is 1.74. The molecule has 0 saturated heterocycles. The lowest BCUT2D eigenvalue weighted by Crippen LogP contribution is -2.36. The van der Waals surface area contributed by atoms with Gasteiger partial charge in [0, 0.05) is 22.3 Å². The van der Waals surface area contributed by atoms with Crippen LogP contribution in [0, 0.1) is 26.2 Å². The molecule has 0 atom stereocenters. The number of hydrogen-bond donors (Lipinski definition) is 1. The highest BCUT2D eigenvalue weighted by Gasteiger charge is 2.28. The SMILES string of the molecule is Cc1ccc(CCc2nc3cc(-c4c(C)noc4C)ccn3c2NC(C)(C)CC(C)(C)C)cc1Cl. The van der Waals surface area contributed by atoms with Gasteiger partial charge in [0.25, 0.3) is 0 Å². The Bertz CT molecular complexity index is 1340. The van der Waals surface area contributed by atoms with Gasteiger partial charge in [-0.1, -0.05) is 49.7 Å². The van der Waals surface area contributed by atoms with Crippen molar-refractivity contribution in [1.29, 1.82) is 0 Å². The van der Waals surface area contributed by atoms with Gasteiger partial charge in [0.15, 0.2) is 0 Å². The van der Waals surface area contributed by atoms with Gasteiger partial charge in [0.2, 0.25) is 0 Å². The van der Waals surface area contributed by atoms with Crippen molar-refractivity contribution in [2.45, 2.75) is 80.2 Å². The van der Waals surface area contributed by atoms with Gasteiger partial charge >= 0.3 is 0 Å². The number of aromatic nitrogens is 3. The summed E-state index contributed by atoms with van der Waals surface area (Å²) < 4.78 is 7.58. The van der Waals surface area contributed by atoms with E-state index in [1.165, 1.54) is 5.56 Å². The average Bonchev–Trinajstić information content (AvgIpc) is 3.25. The summed E-state index contributed by atoms with van der Waals surface area (Å²) in [5.74, 6) is 1.87. The summed E-state index contributed by atoms with van der Waals surface area (Å²) in [7, 11) is 0. The summed E-state index contributed by atoms with van der Waals surface area (Å²) in [4.78, 5) is 5.09. The first-order chi connectivity index (χ1) is 16.3. The molecular weight excluding hydrogens is 456 g/mol. The zero-order valence-electron chi connectivity index (χ0n) is 22.2. The number of rotatable bonds is 7. The number of nitrogens with zero attached hydrogens (tertiary/aromatic N) is 3. The third kappa shape index (κ3) is 5.72. The molecule has 0 fully saturated rings. The van der Waals surface area contributed by atoms with Crippen molar-refractivity contribution < 1.29 is 4.52 Å². The molecular formula is C29H37ClN4O. The molecule has 0 spiro atoms. The third-order valence-electron chi connectivity index (χ3n) is 6.34. The normalized spacial score (nSPS) is 12.5. The van der Waals surface area contributed by atoms with E-state index in [4.69, 9.17) is 21.1 Å². The van der Waals surface area contributed by atoms with E-state index in [1.54, 1.807) is 0 Å². The van der Waals surface area contributed by atoms with Crippen LogP contribution in [0.5, 0.6) is 0 Å². The van der Waals surface area contributed by atoms with Crippen molar-refractivity contribution in [3.63, 3.8) is 0 Å². The highest BCUT2D eigenvalue weighted by molar-refractivity contribution is 6.31. The molecule has 0 aliphatic heterocycles. The number of aryl methyl sites for hydroxylation is 5. The van der Waals surface area contributed by atoms with Gasteiger partial charge in [-0.15, -0.1) is 0 Å². The fraction of sp³-hybridized carbons (Fsp3) is 0.448. The van der Waals surface area contributed by atoms with Gasteiger partial charge in [0.05, 0.1) is 11.4 Å². The maximum absolute atomic E-state index is 6.39. The molecule has 1 N–H and O–H groups in total. The molecule has 4 aromatic rings. The van der Waals surface area contributed by atoms with E-state index in [0.717, 1.165) is 69.6 Å². The second-order valence-electron chi connectivity index (χ2n) is 11.6. The Labute approximate surface area is 213 Å². The van der Waals surface area contributed by atoms with Crippen LogP contribution >= 0.6 is 11.6 Å². The van der Waals surface area contributed by atoms with Crippen molar-refractivity contribution in [1.82, 2.24) is 14.5 Å². The Morgan fingerprint density at radius 1 is 1.00 bits per heavy atom. The number of pyridine rings is 1. The minimum absolute atomic E-state index is 0.101. The van der Waals surface area contributed by atoms with E-state index in [-0.39, 0.29) is 11.0 Å². The zero-order chi connectivity index (χ0) is 25.5. The Morgan fingerprint density at radius 2 is 1.74 bits per heavy atom. The molecule has 0 aliphatic carbocycles. The summed E-state index contributed by atoms with van der Waals surface area (Å²) in [6, 6.07) is 10.6. The summed E-state index contributed by atoms with van der Waals surface area (Å²) in [6.07, 6.45) is 4.81. The van der Waals surface area contributed by atoms with Crippen LogP contribution in [0.15, 0.2) is 41.1 Å². The quantitative estimate of drug-likeness (QED) is 0.284. The molecule has 6 heteroatoms. The fourth-order valence-electron chi connectivity index (χ4n) is 5.20. The van der Waals surface area contributed by atoms with E-state index in [0.29, 0.717) is 0 Å². The molecule has 0 amide bonds. The summed E-state index contributed by atoms with van der Waals surface area (Å²) in [6.45, 7) is 17.3. The highest BCUT2D eigenvalue weighted by Crippen LogP contribution is 2.33. The van der Waals surface area contributed by atoms with Crippen LogP contribution in [-0.2, 0) is 12.8 Å². The molecule has 0 bridgehead atoms. The predicted molar refractivity (Wildman–Crippen MR) is 146 cm³/mol. The number of imidazole rings is 1. The minimum Gasteiger partial charge on any atom is -0.365 e. The molecule has 0 radical (unpaired) electrons. The molecule has 4 rings (SSSR count). The first-order valence-electron chi connectivity index (χ1n) is 12.3. The van der Waals surface area contributed by atoms with E-state index in [2.05, 4.69) is 86.0 Å². The Morgan fingerprint density at radius 3 is 2.37 bits per heavy atom. The zero-order valence-corrected chi connectivity index (χ0v) is 23.0. The Kier molecular flexibility index (Phi) is 6.76. The number of halogens is 1. The first-order valence-corrected chi connectivity index (χ1v) is 12.7. The minimum atomic E-state index is -0.101. The number of hydrogen-bond acceptors (Lipinski definition) is 4. The topological polar surface area (TPSA) is 55.4 Å². The molecule has 5 nitrogen and oxygen atoms in total. The van der Waals surface area contributed by atoms with Gasteiger partial charge < -0.3 is 9.84 Å². The second kappa shape index (κ2) is 9.34. The number of nitrogens with one attached hydrogen (secondary N) is 1. The molecule has 0 aliphatic rings. The van der Waals surface area contributed by atoms with Crippen LogP contribution in [0.3, 0.4) is 0 Å².